The van der Waals surface area contributed by atoms with Gasteiger partial charge in [0.1, 0.15) is 0 Å². The zero-order valence-electron chi connectivity index (χ0n) is 8.05. The van der Waals surface area contributed by atoms with Crippen molar-refractivity contribution in [1.82, 2.24) is 10.3 Å². The van der Waals surface area contributed by atoms with Crippen molar-refractivity contribution in [3.63, 3.8) is 0 Å². The zero-order chi connectivity index (χ0) is 9.68. The van der Waals surface area contributed by atoms with Crippen molar-refractivity contribution < 1.29 is 0 Å². The van der Waals surface area contributed by atoms with E-state index >= 15 is 0 Å². The lowest BCUT2D eigenvalue weighted by Crippen LogP contribution is -2.27. The molecule has 3 heteroatoms. The van der Waals surface area contributed by atoms with E-state index in [1.807, 2.05) is 12.3 Å². The molecule has 1 rings (SSSR count). The van der Waals surface area contributed by atoms with Gasteiger partial charge in [-0.15, -0.1) is 11.6 Å². The fourth-order valence-corrected chi connectivity index (χ4v) is 1.14. The first-order chi connectivity index (χ1) is 6.24. The highest BCUT2D eigenvalue weighted by molar-refractivity contribution is 6.18. The molecule has 2 nitrogen and oxygen atoms in total. The van der Waals surface area contributed by atoms with E-state index in [1.54, 1.807) is 0 Å². The average molecular weight is 199 g/mol. The van der Waals surface area contributed by atoms with Crippen molar-refractivity contribution in [2.45, 2.75) is 26.4 Å². The van der Waals surface area contributed by atoms with E-state index < -0.39 is 0 Å². The third kappa shape index (κ3) is 3.33. The summed E-state index contributed by atoms with van der Waals surface area (Å²) in [7, 11) is 0. The maximum atomic E-state index is 5.68. The Bertz CT molecular complexity index is 263. The third-order valence-corrected chi connectivity index (χ3v) is 2.43. The topological polar surface area (TPSA) is 24.9 Å². The van der Waals surface area contributed by atoms with Gasteiger partial charge in [-0.2, -0.15) is 0 Å². The molecule has 0 spiro atoms. The van der Waals surface area contributed by atoms with E-state index in [2.05, 4.69) is 30.2 Å². The summed E-state index contributed by atoms with van der Waals surface area (Å²) in [6.07, 6.45) is 1.81. The number of alkyl halides is 1. The Kier molecular flexibility index (Phi) is 4.19. The summed E-state index contributed by atoms with van der Waals surface area (Å²) in [4.78, 5) is 4.28. The van der Waals surface area contributed by atoms with Crippen molar-refractivity contribution >= 4 is 11.6 Å². The molecule has 0 saturated heterocycles. The highest BCUT2D eigenvalue weighted by Gasteiger charge is 2.01. The number of nitrogens with zero attached hydrogens (tertiary/aromatic N) is 1. The molecular formula is C10H15ClN2. The van der Waals surface area contributed by atoms with E-state index in [9.17, 15) is 0 Å². The molecule has 1 aromatic rings. The summed E-state index contributed by atoms with van der Waals surface area (Å²) < 4.78 is 0. The van der Waals surface area contributed by atoms with Gasteiger partial charge in [-0.3, -0.25) is 4.98 Å². The van der Waals surface area contributed by atoms with E-state index in [4.69, 9.17) is 11.6 Å². The van der Waals surface area contributed by atoms with Crippen LogP contribution in [0.15, 0.2) is 18.3 Å². The van der Waals surface area contributed by atoms with E-state index in [0.29, 0.717) is 11.9 Å². The first-order valence-corrected chi connectivity index (χ1v) is 4.97. The van der Waals surface area contributed by atoms with E-state index in [1.165, 1.54) is 5.56 Å². The monoisotopic (exact) mass is 198 g/mol. The van der Waals surface area contributed by atoms with Gasteiger partial charge in [0.05, 0.1) is 5.69 Å². The molecule has 1 N–H and O–H groups in total. The lowest BCUT2D eigenvalue weighted by Gasteiger charge is -2.10. The molecule has 0 bridgehead atoms. The van der Waals surface area contributed by atoms with Crippen molar-refractivity contribution in [3.05, 3.63) is 29.6 Å². The minimum atomic E-state index is 0.336. The molecule has 1 aromatic heterocycles. The van der Waals surface area contributed by atoms with Crippen LogP contribution in [0.3, 0.4) is 0 Å². The van der Waals surface area contributed by atoms with Crippen molar-refractivity contribution in [2.75, 3.05) is 5.88 Å². The Balaban J connectivity index is 2.50. The molecule has 0 aliphatic carbocycles. The van der Waals surface area contributed by atoms with Crippen LogP contribution in [0.25, 0.3) is 0 Å². The number of rotatable bonds is 4. The highest BCUT2D eigenvalue weighted by Crippen LogP contribution is 2.02. The van der Waals surface area contributed by atoms with Gasteiger partial charge < -0.3 is 5.32 Å². The van der Waals surface area contributed by atoms with Crippen LogP contribution in [0.4, 0.5) is 0 Å². The fraction of sp³-hybridized carbons (Fsp3) is 0.500. The average Bonchev–Trinajstić information content (AvgIpc) is 2.16. The number of nitrogens with one attached hydrogen (secondary N) is 1. The SMILES string of the molecule is Cc1cccnc1CNC(C)CCl. The standard InChI is InChI=1S/C10H15ClN2/c1-8-4-3-5-12-10(8)7-13-9(2)6-11/h3-5,9,13H,6-7H2,1-2H3. The van der Waals surface area contributed by atoms with Crippen molar-refractivity contribution in [3.8, 4) is 0 Å². The Hall–Kier alpha value is -0.600. The summed E-state index contributed by atoms with van der Waals surface area (Å²) in [5.74, 6) is 0.631. The van der Waals surface area contributed by atoms with Crippen LogP contribution in [0, 0.1) is 6.92 Å². The second kappa shape index (κ2) is 5.20. The molecular weight excluding hydrogens is 184 g/mol. The minimum Gasteiger partial charge on any atom is -0.307 e. The molecule has 0 amide bonds. The van der Waals surface area contributed by atoms with Crippen molar-refractivity contribution in [1.29, 1.82) is 0 Å². The molecule has 1 unspecified atom stereocenters. The second-order valence-electron chi connectivity index (χ2n) is 3.20. The summed E-state index contributed by atoms with van der Waals surface area (Å²) in [6.45, 7) is 4.92. The molecule has 1 atom stereocenters. The smallest absolute Gasteiger partial charge is 0.0570 e. The zero-order valence-corrected chi connectivity index (χ0v) is 8.80. The maximum absolute atomic E-state index is 5.68. The normalized spacial score (nSPS) is 12.8. The molecule has 0 aliphatic rings. The summed E-state index contributed by atoms with van der Waals surface area (Å²) in [6, 6.07) is 4.35. The summed E-state index contributed by atoms with van der Waals surface area (Å²) in [5.41, 5.74) is 2.32. The van der Waals surface area contributed by atoms with Gasteiger partial charge in [0, 0.05) is 24.7 Å². The molecule has 72 valence electrons. The van der Waals surface area contributed by atoms with Crippen LogP contribution in [0.5, 0.6) is 0 Å². The minimum absolute atomic E-state index is 0.336. The molecule has 0 saturated carbocycles. The predicted molar refractivity (Wildman–Crippen MR) is 56.0 cm³/mol. The van der Waals surface area contributed by atoms with E-state index in [-0.39, 0.29) is 0 Å². The maximum Gasteiger partial charge on any atom is 0.0570 e. The number of hydrogen-bond donors (Lipinski definition) is 1. The number of aryl methyl sites for hydroxylation is 1. The molecule has 13 heavy (non-hydrogen) atoms. The van der Waals surface area contributed by atoms with Gasteiger partial charge in [0.15, 0.2) is 0 Å². The lowest BCUT2D eigenvalue weighted by atomic mass is 10.2. The summed E-state index contributed by atoms with van der Waals surface area (Å²) in [5, 5.41) is 3.29. The Morgan fingerprint density at radius 1 is 1.62 bits per heavy atom. The first kappa shape index (κ1) is 10.5. The number of aromatic nitrogens is 1. The number of pyridine rings is 1. The Labute approximate surface area is 84.3 Å². The Morgan fingerprint density at radius 3 is 3.00 bits per heavy atom. The fourth-order valence-electron chi connectivity index (χ4n) is 1.03. The van der Waals surface area contributed by atoms with Crippen LogP contribution in [0.1, 0.15) is 18.2 Å². The number of halogens is 1. The lowest BCUT2D eigenvalue weighted by molar-refractivity contribution is 0.584. The van der Waals surface area contributed by atoms with Crippen molar-refractivity contribution in [2.24, 2.45) is 0 Å². The second-order valence-corrected chi connectivity index (χ2v) is 3.51. The molecule has 0 fully saturated rings. The quantitative estimate of drug-likeness (QED) is 0.750. The van der Waals surface area contributed by atoms with E-state index in [0.717, 1.165) is 12.2 Å². The third-order valence-electron chi connectivity index (χ3n) is 1.97. The van der Waals surface area contributed by atoms with Gasteiger partial charge >= 0.3 is 0 Å². The van der Waals surface area contributed by atoms with Gasteiger partial charge in [0.25, 0.3) is 0 Å². The van der Waals surface area contributed by atoms with Gasteiger partial charge in [-0.05, 0) is 25.5 Å². The first-order valence-electron chi connectivity index (χ1n) is 4.44. The largest absolute Gasteiger partial charge is 0.307 e. The van der Waals surface area contributed by atoms with Gasteiger partial charge in [-0.1, -0.05) is 6.07 Å². The van der Waals surface area contributed by atoms with Crippen LogP contribution in [-0.2, 0) is 6.54 Å². The van der Waals surface area contributed by atoms with Gasteiger partial charge in [0.2, 0.25) is 0 Å². The highest BCUT2D eigenvalue weighted by atomic mass is 35.5. The molecule has 0 radical (unpaired) electrons. The van der Waals surface area contributed by atoms with Crippen LogP contribution in [0.2, 0.25) is 0 Å². The summed E-state index contributed by atoms with van der Waals surface area (Å²) >= 11 is 5.68. The number of hydrogen-bond acceptors (Lipinski definition) is 2. The van der Waals surface area contributed by atoms with Crippen LogP contribution >= 0.6 is 11.6 Å². The van der Waals surface area contributed by atoms with Crippen LogP contribution < -0.4 is 5.32 Å². The predicted octanol–water partition coefficient (Wildman–Crippen LogP) is 2.11. The Morgan fingerprint density at radius 2 is 2.38 bits per heavy atom. The molecule has 0 aliphatic heterocycles. The van der Waals surface area contributed by atoms with Crippen LogP contribution in [-0.4, -0.2) is 16.9 Å². The molecule has 0 aromatic carbocycles. The molecule has 1 heterocycles. The van der Waals surface area contributed by atoms with Gasteiger partial charge in [-0.25, -0.2) is 0 Å².